The number of phenols is 1. The first-order chi connectivity index (χ1) is 18.5. The van der Waals surface area contributed by atoms with Crippen molar-refractivity contribution < 1.29 is 15.0 Å². The fourth-order valence-corrected chi connectivity index (χ4v) is 5.02. The molecule has 1 aromatic heterocycles. The van der Waals surface area contributed by atoms with Crippen molar-refractivity contribution in [2.75, 3.05) is 74.1 Å². The molecule has 0 unspecified atom stereocenters. The molecule has 0 saturated carbocycles. The van der Waals surface area contributed by atoms with Crippen LogP contribution in [0.2, 0.25) is 0 Å². The molecule has 4 N–H and O–H groups in total. The van der Waals surface area contributed by atoms with E-state index in [2.05, 4.69) is 36.4 Å². The van der Waals surface area contributed by atoms with Gasteiger partial charge in [-0.25, -0.2) is 4.98 Å². The molecule has 11 nitrogen and oxygen atoms in total. The number of nitrogens with zero attached hydrogens (tertiary/aromatic N) is 6. The van der Waals surface area contributed by atoms with Gasteiger partial charge in [-0.3, -0.25) is 9.69 Å². The van der Waals surface area contributed by atoms with Crippen molar-refractivity contribution in [2.24, 2.45) is 0 Å². The second-order valence-electron chi connectivity index (χ2n) is 9.59. The number of nitriles is 1. The number of rotatable bonds is 7. The summed E-state index contributed by atoms with van der Waals surface area (Å²) in [4.78, 5) is 29.4. The Labute approximate surface area is 221 Å². The first-order valence-corrected chi connectivity index (χ1v) is 12.9. The monoisotopic (exact) mass is 516 g/mol. The van der Waals surface area contributed by atoms with Gasteiger partial charge in [0, 0.05) is 75.9 Å². The van der Waals surface area contributed by atoms with Gasteiger partial charge in [0.05, 0.1) is 24.8 Å². The minimum atomic E-state index is -0.395. The van der Waals surface area contributed by atoms with Crippen molar-refractivity contribution in [3.8, 4) is 11.8 Å². The molecular formula is C27H32N8O3. The van der Waals surface area contributed by atoms with Crippen LogP contribution in [0.5, 0.6) is 5.75 Å². The normalized spacial score (nSPS) is 18.4. The van der Waals surface area contributed by atoms with E-state index in [1.165, 1.54) is 6.07 Å². The van der Waals surface area contributed by atoms with E-state index >= 15 is 0 Å². The summed E-state index contributed by atoms with van der Waals surface area (Å²) in [5.74, 6) is 0.789. The SMILES string of the molecule is N#CC[C@H]1CN(c2cc(C(=O)Nc3cc(O)cc4ccccc34)nc(N3CCN(CCO)CC3)n2)CCN1. The number of aromatic hydroxyl groups is 1. The van der Waals surface area contributed by atoms with Crippen LogP contribution in [0.1, 0.15) is 16.9 Å². The summed E-state index contributed by atoms with van der Waals surface area (Å²) in [6, 6.07) is 14.7. The Morgan fingerprint density at radius 3 is 2.71 bits per heavy atom. The van der Waals surface area contributed by atoms with Crippen LogP contribution in [0, 0.1) is 11.3 Å². The van der Waals surface area contributed by atoms with E-state index < -0.39 is 5.91 Å². The molecule has 2 aliphatic rings. The van der Waals surface area contributed by atoms with Crippen molar-refractivity contribution in [1.29, 1.82) is 5.26 Å². The summed E-state index contributed by atoms with van der Waals surface area (Å²) in [7, 11) is 0. The van der Waals surface area contributed by atoms with Gasteiger partial charge in [-0.05, 0) is 11.5 Å². The molecule has 1 amide bonds. The summed E-state index contributed by atoms with van der Waals surface area (Å²) in [5, 5.41) is 36.6. The zero-order valence-electron chi connectivity index (χ0n) is 21.2. The number of aromatic nitrogens is 2. The van der Waals surface area contributed by atoms with Crippen molar-refractivity contribution in [3.63, 3.8) is 0 Å². The number of piperazine rings is 2. The van der Waals surface area contributed by atoms with E-state index in [1.807, 2.05) is 24.3 Å². The lowest BCUT2D eigenvalue weighted by Crippen LogP contribution is -2.51. The number of benzene rings is 2. The molecular weight excluding hydrogens is 484 g/mol. The predicted octanol–water partition coefficient (Wildman–Crippen LogP) is 1.39. The second-order valence-corrected chi connectivity index (χ2v) is 9.59. The highest BCUT2D eigenvalue weighted by molar-refractivity contribution is 6.09. The molecule has 5 rings (SSSR count). The standard InChI is InChI=1S/C27H32N8O3/c28-6-5-20-18-35(8-7-29-20)25-17-24(31-27(32-25)34-11-9-33(10-12-34)13-14-36)26(38)30-23-16-21(37)15-19-3-1-2-4-22(19)23/h1-4,15-17,20,29,36-37H,5,7-14,18H2,(H,30,38)/t20-/m0/s1. The van der Waals surface area contributed by atoms with Gasteiger partial charge in [0.1, 0.15) is 17.3 Å². The van der Waals surface area contributed by atoms with Crippen molar-refractivity contribution in [2.45, 2.75) is 12.5 Å². The highest BCUT2D eigenvalue weighted by atomic mass is 16.3. The minimum absolute atomic E-state index is 0.0186. The molecule has 0 aliphatic carbocycles. The first kappa shape index (κ1) is 25.7. The van der Waals surface area contributed by atoms with Gasteiger partial charge >= 0.3 is 0 Å². The Balaban J connectivity index is 1.45. The number of hydrogen-bond acceptors (Lipinski definition) is 10. The van der Waals surface area contributed by atoms with E-state index in [4.69, 9.17) is 10.2 Å². The van der Waals surface area contributed by atoms with Gasteiger partial charge in [-0.15, -0.1) is 0 Å². The lowest BCUT2D eigenvalue weighted by molar-refractivity contribution is 0.102. The molecule has 38 heavy (non-hydrogen) atoms. The van der Waals surface area contributed by atoms with Crippen molar-refractivity contribution in [1.82, 2.24) is 20.2 Å². The molecule has 1 atom stereocenters. The molecule has 3 heterocycles. The molecule has 198 valence electrons. The summed E-state index contributed by atoms with van der Waals surface area (Å²) in [5.41, 5.74) is 0.728. The van der Waals surface area contributed by atoms with Gasteiger partial charge < -0.3 is 30.6 Å². The lowest BCUT2D eigenvalue weighted by atomic mass is 10.1. The number of carbonyl (C=O) groups excluding carboxylic acids is 1. The van der Waals surface area contributed by atoms with E-state index in [1.54, 1.807) is 12.1 Å². The predicted molar refractivity (Wildman–Crippen MR) is 146 cm³/mol. The fourth-order valence-electron chi connectivity index (χ4n) is 5.02. The summed E-state index contributed by atoms with van der Waals surface area (Å²) < 4.78 is 0. The quantitative estimate of drug-likeness (QED) is 0.364. The smallest absolute Gasteiger partial charge is 0.274 e. The van der Waals surface area contributed by atoms with Gasteiger partial charge in [-0.1, -0.05) is 24.3 Å². The Hall–Kier alpha value is -3.98. The van der Waals surface area contributed by atoms with Crippen LogP contribution in [0.3, 0.4) is 0 Å². The number of carbonyl (C=O) groups is 1. The Morgan fingerprint density at radius 1 is 1.11 bits per heavy atom. The Bertz CT molecular complexity index is 1340. The number of β-amino-alcohol motifs (C(OH)–C–C–N with tert-alkyl or cyclic N) is 1. The zero-order valence-corrected chi connectivity index (χ0v) is 21.2. The molecule has 0 radical (unpaired) electrons. The van der Waals surface area contributed by atoms with Crippen LogP contribution in [0.25, 0.3) is 10.8 Å². The molecule has 2 saturated heterocycles. The first-order valence-electron chi connectivity index (χ1n) is 12.9. The highest BCUT2D eigenvalue weighted by Gasteiger charge is 2.25. The summed E-state index contributed by atoms with van der Waals surface area (Å²) in [6.07, 6.45) is 0.388. The van der Waals surface area contributed by atoms with Crippen LogP contribution >= 0.6 is 0 Å². The van der Waals surface area contributed by atoms with Gasteiger partial charge in [0.15, 0.2) is 0 Å². The molecule has 2 aromatic carbocycles. The number of aliphatic hydroxyl groups is 1. The zero-order chi connectivity index (χ0) is 26.5. The maximum Gasteiger partial charge on any atom is 0.274 e. The van der Waals surface area contributed by atoms with Gasteiger partial charge in [0.25, 0.3) is 5.91 Å². The minimum Gasteiger partial charge on any atom is -0.508 e. The van der Waals surface area contributed by atoms with Crippen molar-refractivity contribution >= 4 is 34.1 Å². The molecule has 0 bridgehead atoms. The van der Waals surface area contributed by atoms with Crippen LogP contribution < -0.4 is 20.4 Å². The van der Waals surface area contributed by atoms with Crippen LogP contribution in [-0.4, -0.2) is 96.0 Å². The van der Waals surface area contributed by atoms with Gasteiger partial charge in [-0.2, -0.15) is 10.2 Å². The maximum atomic E-state index is 13.5. The van der Waals surface area contributed by atoms with Crippen LogP contribution in [0.15, 0.2) is 42.5 Å². The number of phenolic OH excluding ortho intramolecular Hbond substituents is 1. The number of aliphatic hydroxyl groups excluding tert-OH is 1. The largest absolute Gasteiger partial charge is 0.508 e. The van der Waals surface area contributed by atoms with Crippen LogP contribution in [0.4, 0.5) is 17.5 Å². The third-order valence-electron chi connectivity index (χ3n) is 7.02. The summed E-state index contributed by atoms with van der Waals surface area (Å²) in [6.45, 7) is 5.65. The Morgan fingerprint density at radius 2 is 1.92 bits per heavy atom. The molecule has 0 spiro atoms. The average Bonchev–Trinajstić information content (AvgIpc) is 2.93. The molecule has 3 aromatic rings. The topological polar surface area (TPSA) is 141 Å². The highest BCUT2D eigenvalue weighted by Crippen LogP contribution is 2.29. The van der Waals surface area contributed by atoms with E-state index in [0.29, 0.717) is 63.1 Å². The fraction of sp³-hybridized carbons (Fsp3) is 0.407. The molecule has 2 fully saturated rings. The number of fused-ring (bicyclic) bond motifs is 1. The molecule has 11 heteroatoms. The number of anilines is 3. The third-order valence-corrected chi connectivity index (χ3v) is 7.02. The summed E-state index contributed by atoms with van der Waals surface area (Å²) >= 11 is 0. The number of nitrogens with one attached hydrogen (secondary N) is 2. The van der Waals surface area contributed by atoms with E-state index in [9.17, 15) is 15.0 Å². The lowest BCUT2D eigenvalue weighted by Gasteiger charge is -2.36. The van der Waals surface area contributed by atoms with Crippen molar-refractivity contribution in [3.05, 3.63) is 48.2 Å². The van der Waals surface area contributed by atoms with Crippen LogP contribution in [-0.2, 0) is 0 Å². The maximum absolute atomic E-state index is 13.5. The Kier molecular flexibility index (Phi) is 7.83. The number of amides is 1. The third kappa shape index (κ3) is 5.78. The van der Waals surface area contributed by atoms with Gasteiger partial charge in [0.2, 0.25) is 5.95 Å². The second kappa shape index (κ2) is 11.6. The average molecular weight is 517 g/mol. The van der Waals surface area contributed by atoms with E-state index in [-0.39, 0.29) is 24.1 Å². The number of hydrogen-bond donors (Lipinski definition) is 4. The van der Waals surface area contributed by atoms with E-state index in [0.717, 1.165) is 23.9 Å². The molecule has 2 aliphatic heterocycles.